The van der Waals surface area contributed by atoms with Crippen LogP contribution in [-0.4, -0.2) is 17.0 Å². The number of nitrogens with one attached hydrogen (secondary N) is 1. The van der Waals surface area contributed by atoms with Crippen molar-refractivity contribution < 1.29 is 0 Å². The zero-order valence-electron chi connectivity index (χ0n) is 11.2. The second kappa shape index (κ2) is 5.66. The van der Waals surface area contributed by atoms with Crippen molar-refractivity contribution >= 4 is 38.5 Å². The molecule has 0 saturated heterocycles. The monoisotopic (exact) mass is 326 g/mol. The molecule has 0 aliphatic carbocycles. The predicted octanol–water partition coefficient (Wildman–Crippen LogP) is 4.61. The first-order valence-corrected chi connectivity index (χ1v) is 7.99. The van der Waals surface area contributed by atoms with Gasteiger partial charge < -0.3 is 5.32 Å². The molecule has 1 aliphatic rings. The van der Waals surface area contributed by atoms with Crippen molar-refractivity contribution in [2.24, 2.45) is 10.9 Å². The molecule has 0 bridgehead atoms. The Morgan fingerprint density at radius 1 is 1.39 bits per heavy atom. The fraction of sp³-hybridized carbons (Fsp3) is 0.500. The Morgan fingerprint density at radius 3 is 2.67 bits per heavy atom. The van der Waals surface area contributed by atoms with Crippen LogP contribution in [0.15, 0.2) is 21.6 Å². The highest BCUT2D eigenvalue weighted by atomic mass is 79.9. The van der Waals surface area contributed by atoms with Gasteiger partial charge in [0.25, 0.3) is 0 Å². The number of anilines is 1. The quantitative estimate of drug-likeness (QED) is 0.858. The summed E-state index contributed by atoms with van der Waals surface area (Å²) in [5.74, 6) is 1.70. The summed E-state index contributed by atoms with van der Waals surface area (Å²) in [7, 11) is 0. The summed E-state index contributed by atoms with van der Waals surface area (Å²) in [6.45, 7) is 8.69. The molecule has 1 N–H and O–H groups in total. The van der Waals surface area contributed by atoms with Crippen LogP contribution in [0.4, 0.5) is 5.69 Å². The van der Waals surface area contributed by atoms with E-state index in [0.717, 1.165) is 21.1 Å². The summed E-state index contributed by atoms with van der Waals surface area (Å²) in [4.78, 5) is 4.74. The topological polar surface area (TPSA) is 24.4 Å². The number of aliphatic imine (C=N–C) groups is 1. The van der Waals surface area contributed by atoms with Crippen LogP contribution in [0.5, 0.6) is 0 Å². The summed E-state index contributed by atoms with van der Waals surface area (Å²) in [6, 6.07) is 4.77. The van der Waals surface area contributed by atoms with E-state index in [0.29, 0.717) is 12.0 Å². The molecule has 0 unspecified atom stereocenters. The van der Waals surface area contributed by atoms with E-state index in [1.54, 1.807) is 0 Å². The summed E-state index contributed by atoms with van der Waals surface area (Å²) in [6.07, 6.45) is 0. The summed E-state index contributed by atoms with van der Waals surface area (Å²) in [5.41, 5.74) is 3.65. The largest absolute Gasteiger partial charge is 0.334 e. The molecule has 2 rings (SSSR count). The zero-order valence-corrected chi connectivity index (χ0v) is 13.7. The number of amidine groups is 1. The maximum atomic E-state index is 4.74. The van der Waals surface area contributed by atoms with Crippen molar-refractivity contribution in [1.29, 1.82) is 0 Å². The third-order valence-electron chi connectivity index (χ3n) is 3.11. The fourth-order valence-electron chi connectivity index (χ4n) is 1.98. The molecule has 2 nitrogen and oxygen atoms in total. The minimum absolute atomic E-state index is 0.446. The molecule has 1 aromatic carbocycles. The molecule has 98 valence electrons. The van der Waals surface area contributed by atoms with Gasteiger partial charge >= 0.3 is 0 Å². The Morgan fingerprint density at radius 2 is 2.11 bits per heavy atom. The van der Waals surface area contributed by atoms with E-state index in [-0.39, 0.29) is 0 Å². The van der Waals surface area contributed by atoms with Gasteiger partial charge in [0.15, 0.2) is 5.17 Å². The minimum atomic E-state index is 0.446. The van der Waals surface area contributed by atoms with Crippen molar-refractivity contribution in [3.05, 3.63) is 27.7 Å². The van der Waals surface area contributed by atoms with Crippen LogP contribution < -0.4 is 5.32 Å². The lowest BCUT2D eigenvalue weighted by atomic mass is 10.1. The van der Waals surface area contributed by atoms with Gasteiger partial charge in [0.2, 0.25) is 0 Å². The van der Waals surface area contributed by atoms with E-state index < -0.39 is 0 Å². The Labute approximate surface area is 122 Å². The van der Waals surface area contributed by atoms with Crippen molar-refractivity contribution in [2.75, 3.05) is 11.1 Å². The van der Waals surface area contributed by atoms with Crippen LogP contribution in [0.3, 0.4) is 0 Å². The van der Waals surface area contributed by atoms with E-state index >= 15 is 0 Å². The second-order valence-corrected chi connectivity index (χ2v) is 6.98. The fourth-order valence-corrected chi connectivity index (χ4v) is 3.93. The number of hydrogen-bond donors (Lipinski definition) is 1. The lowest BCUT2D eigenvalue weighted by molar-refractivity contribution is 0.543. The third kappa shape index (κ3) is 3.09. The molecule has 1 aromatic rings. The molecule has 0 aromatic heterocycles. The van der Waals surface area contributed by atoms with Crippen LogP contribution >= 0.6 is 27.7 Å². The van der Waals surface area contributed by atoms with Crippen molar-refractivity contribution in [3.63, 3.8) is 0 Å². The molecule has 1 heterocycles. The highest BCUT2D eigenvalue weighted by Crippen LogP contribution is 2.31. The molecular weight excluding hydrogens is 308 g/mol. The van der Waals surface area contributed by atoms with E-state index in [1.165, 1.54) is 11.1 Å². The number of benzene rings is 1. The minimum Gasteiger partial charge on any atom is -0.334 e. The van der Waals surface area contributed by atoms with Crippen LogP contribution in [0.25, 0.3) is 0 Å². The Balaban J connectivity index is 2.18. The maximum Gasteiger partial charge on any atom is 0.161 e. The van der Waals surface area contributed by atoms with E-state index in [1.807, 2.05) is 11.8 Å². The molecule has 1 aliphatic heterocycles. The third-order valence-corrected chi connectivity index (χ3v) is 4.72. The number of thioether (sulfide) groups is 1. The standard InChI is InChI=1S/C14H19BrN2S/c1-8(2)12-7-18-14(16-12)17-13-10(4)5-9(3)6-11(13)15/h5-6,8,12H,7H2,1-4H3,(H,16,17)/t12-/m1/s1. The van der Waals surface area contributed by atoms with Gasteiger partial charge in [-0.25, -0.2) is 0 Å². The van der Waals surface area contributed by atoms with Crippen LogP contribution in [-0.2, 0) is 0 Å². The van der Waals surface area contributed by atoms with E-state index in [9.17, 15) is 0 Å². The van der Waals surface area contributed by atoms with Crippen LogP contribution in [0.1, 0.15) is 25.0 Å². The average Bonchev–Trinajstić information content (AvgIpc) is 2.71. The molecule has 0 fully saturated rings. The SMILES string of the molecule is Cc1cc(C)c(NC2=N[C@@H](C(C)C)CS2)c(Br)c1. The van der Waals surface area contributed by atoms with Gasteiger partial charge in [-0.3, -0.25) is 4.99 Å². The Kier molecular flexibility index (Phi) is 4.38. The number of hydrogen-bond acceptors (Lipinski definition) is 3. The van der Waals surface area contributed by atoms with Gasteiger partial charge in [0, 0.05) is 10.2 Å². The summed E-state index contributed by atoms with van der Waals surface area (Å²) in [5, 5.41) is 4.50. The highest BCUT2D eigenvalue weighted by Gasteiger charge is 2.21. The zero-order chi connectivity index (χ0) is 13.3. The maximum absolute atomic E-state index is 4.74. The summed E-state index contributed by atoms with van der Waals surface area (Å²) >= 11 is 5.44. The van der Waals surface area contributed by atoms with Gasteiger partial charge in [0.1, 0.15) is 0 Å². The Hall–Kier alpha value is -0.480. The second-order valence-electron chi connectivity index (χ2n) is 5.12. The number of halogens is 1. The van der Waals surface area contributed by atoms with E-state index in [4.69, 9.17) is 4.99 Å². The normalized spacial score (nSPS) is 19.2. The molecule has 1 atom stereocenters. The summed E-state index contributed by atoms with van der Waals surface area (Å²) < 4.78 is 1.11. The van der Waals surface area contributed by atoms with Gasteiger partial charge in [-0.2, -0.15) is 0 Å². The Bertz CT molecular complexity index is 460. The number of nitrogens with zero attached hydrogens (tertiary/aromatic N) is 1. The van der Waals surface area contributed by atoms with Crippen molar-refractivity contribution in [2.45, 2.75) is 33.7 Å². The molecule has 0 amide bonds. The van der Waals surface area contributed by atoms with Crippen LogP contribution in [0, 0.1) is 19.8 Å². The average molecular weight is 327 g/mol. The van der Waals surface area contributed by atoms with Crippen molar-refractivity contribution in [1.82, 2.24) is 0 Å². The number of aryl methyl sites for hydroxylation is 2. The predicted molar refractivity (Wildman–Crippen MR) is 85.8 cm³/mol. The van der Waals surface area contributed by atoms with Gasteiger partial charge in [-0.15, -0.1) is 0 Å². The smallest absolute Gasteiger partial charge is 0.161 e. The lowest BCUT2D eigenvalue weighted by Gasteiger charge is -2.12. The van der Waals surface area contributed by atoms with Crippen molar-refractivity contribution in [3.8, 4) is 0 Å². The van der Waals surface area contributed by atoms with Crippen LogP contribution in [0.2, 0.25) is 0 Å². The molecule has 4 heteroatoms. The van der Waals surface area contributed by atoms with Gasteiger partial charge in [-0.05, 0) is 52.9 Å². The number of rotatable bonds is 2. The first-order chi connectivity index (χ1) is 8.47. The first-order valence-electron chi connectivity index (χ1n) is 6.21. The molecule has 18 heavy (non-hydrogen) atoms. The lowest BCUT2D eigenvalue weighted by Crippen LogP contribution is -2.12. The van der Waals surface area contributed by atoms with E-state index in [2.05, 4.69) is 61.1 Å². The van der Waals surface area contributed by atoms with Gasteiger partial charge in [-0.1, -0.05) is 31.7 Å². The molecule has 0 spiro atoms. The highest BCUT2D eigenvalue weighted by molar-refractivity contribution is 9.10. The van der Waals surface area contributed by atoms with Gasteiger partial charge in [0.05, 0.1) is 11.7 Å². The molecule has 0 saturated carbocycles. The first kappa shape index (κ1) is 13.9. The molecule has 0 radical (unpaired) electrons. The molecular formula is C14H19BrN2S.